The first-order chi connectivity index (χ1) is 14.9. The fraction of sp³-hybridized carbons (Fsp3) is 0.182. The molecule has 2 heterocycles. The number of hydrazone groups is 1. The zero-order valence-corrected chi connectivity index (χ0v) is 17.5. The smallest absolute Gasteiger partial charge is 0.310 e. The molecule has 0 fully saturated rings. The quantitative estimate of drug-likeness (QED) is 0.621. The van der Waals surface area contributed by atoms with E-state index in [-0.39, 0.29) is 11.5 Å². The molecule has 0 spiro atoms. The molecule has 0 unspecified atom stereocenters. The molecule has 4 rings (SSSR count). The molecule has 160 valence electrons. The standard InChI is InChI=1S/C22H20FN3O4S/c1-2-31(28,29)25-18-10-8-15(9-11-18)19-14-20(16-5-3-6-17(23)13-16)26(24-19)22(27)21-7-4-12-30-21/h3-13,20,25H,2,14H2,1H3/t20-/m1/s1. The molecule has 3 aromatic rings. The number of nitrogens with zero attached hydrogens (tertiary/aromatic N) is 2. The summed E-state index contributed by atoms with van der Waals surface area (Å²) in [4.78, 5) is 13.0. The number of sulfonamides is 1. The maximum Gasteiger partial charge on any atom is 0.310 e. The molecule has 1 N–H and O–H groups in total. The van der Waals surface area contributed by atoms with E-state index in [4.69, 9.17) is 4.42 Å². The number of amides is 1. The average molecular weight is 441 g/mol. The van der Waals surface area contributed by atoms with Crippen molar-refractivity contribution in [1.82, 2.24) is 5.01 Å². The van der Waals surface area contributed by atoms with Gasteiger partial charge in [-0.3, -0.25) is 9.52 Å². The van der Waals surface area contributed by atoms with Gasteiger partial charge in [0.25, 0.3) is 0 Å². The van der Waals surface area contributed by atoms with E-state index in [9.17, 15) is 17.6 Å². The van der Waals surface area contributed by atoms with E-state index < -0.39 is 27.8 Å². The number of rotatable bonds is 6. The van der Waals surface area contributed by atoms with Crippen molar-refractivity contribution in [3.05, 3.63) is 89.6 Å². The maximum atomic E-state index is 13.8. The van der Waals surface area contributed by atoms with Gasteiger partial charge in [-0.1, -0.05) is 24.3 Å². The minimum atomic E-state index is -3.38. The molecule has 0 saturated carbocycles. The highest BCUT2D eigenvalue weighted by Crippen LogP contribution is 2.34. The number of hydrogen-bond donors (Lipinski definition) is 1. The van der Waals surface area contributed by atoms with Gasteiger partial charge in [0.15, 0.2) is 5.76 Å². The number of furan rings is 1. The van der Waals surface area contributed by atoms with Crippen LogP contribution >= 0.6 is 0 Å². The number of hydrogen-bond acceptors (Lipinski definition) is 5. The van der Waals surface area contributed by atoms with E-state index in [0.29, 0.717) is 23.4 Å². The van der Waals surface area contributed by atoms with Crippen LogP contribution in [0.4, 0.5) is 10.1 Å². The Bertz CT molecular complexity index is 1220. The van der Waals surface area contributed by atoms with E-state index in [1.54, 1.807) is 55.5 Å². The summed E-state index contributed by atoms with van der Waals surface area (Å²) in [6, 6.07) is 15.5. The average Bonchev–Trinajstić information content (AvgIpc) is 3.44. The number of benzene rings is 2. The second-order valence-corrected chi connectivity index (χ2v) is 9.04. The summed E-state index contributed by atoms with van der Waals surface area (Å²) in [6.07, 6.45) is 1.77. The predicted octanol–water partition coefficient (Wildman–Crippen LogP) is 4.17. The first kappa shape index (κ1) is 20.8. The molecule has 0 saturated heterocycles. The van der Waals surface area contributed by atoms with Crippen LogP contribution in [0.5, 0.6) is 0 Å². The van der Waals surface area contributed by atoms with Crippen LogP contribution in [0.2, 0.25) is 0 Å². The van der Waals surface area contributed by atoms with E-state index in [1.807, 2.05) is 0 Å². The van der Waals surface area contributed by atoms with E-state index >= 15 is 0 Å². The lowest BCUT2D eigenvalue weighted by Crippen LogP contribution is -2.26. The lowest BCUT2D eigenvalue weighted by atomic mass is 9.98. The van der Waals surface area contributed by atoms with Crippen LogP contribution in [0.1, 0.15) is 41.1 Å². The second kappa shape index (κ2) is 8.35. The first-order valence-corrected chi connectivity index (χ1v) is 11.3. The van der Waals surface area contributed by atoms with Crippen molar-refractivity contribution in [3.8, 4) is 0 Å². The highest BCUT2D eigenvalue weighted by molar-refractivity contribution is 7.92. The normalized spacial score (nSPS) is 16.3. The molecule has 1 aromatic heterocycles. The number of anilines is 1. The molecule has 7 nitrogen and oxygen atoms in total. The van der Waals surface area contributed by atoms with Crippen LogP contribution in [0.15, 0.2) is 76.4 Å². The van der Waals surface area contributed by atoms with Crippen LogP contribution < -0.4 is 4.72 Å². The molecule has 1 aliphatic rings. The van der Waals surface area contributed by atoms with Gasteiger partial charge in [0.1, 0.15) is 5.82 Å². The van der Waals surface area contributed by atoms with E-state index in [2.05, 4.69) is 9.82 Å². The zero-order valence-electron chi connectivity index (χ0n) is 16.7. The Morgan fingerprint density at radius 2 is 1.97 bits per heavy atom. The van der Waals surface area contributed by atoms with E-state index in [1.165, 1.54) is 23.4 Å². The maximum absolute atomic E-state index is 13.8. The van der Waals surface area contributed by atoms with Crippen molar-refractivity contribution in [3.63, 3.8) is 0 Å². The summed E-state index contributed by atoms with van der Waals surface area (Å²) in [5.74, 6) is -0.720. The lowest BCUT2D eigenvalue weighted by molar-refractivity contribution is 0.0678. The van der Waals surface area contributed by atoms with Crippen molar-refractivity contribution in [2.45, 2.75) is 19.4 Å². The van der Waals surface area contributed by atoms with Gasteiger partial charge in [0, 0.05) is 12.1 Å². The van der Waals surface area contributed by atoms with Crippen molar-refractivity contribution < 1.29 is 22.0 Å². The third-order valence-electron chi connectivity index (χ3n) is 4.96. The number of carbonyl (C=O) groups is 1. The van der Waals surface area contributed by atoms with Crippen LogP contribution in [0, 0.1) is 5.82 Å². The Balaban J connectivity index is 1.65. The summed E-state index contributed by atoms with van der Waals surface area (Å²) in [5.41, 5.74) is 2.41. The SMILES string of the molecule is CCS(=O)(=O)Nc1ccc(C2=NN(C(=O)c3ccco3)[C@@H](c3cccc(F)c3)C2)cc1. The van der Waals surface area contributed by atoms with E-state index in [0.717, 1.165) is 5.56 Å². The fourth-order valence-corrected chi connectivity index (χ4v) is 3.98. The Hall–Kier alpha value is -3.46. The second-order valence-electron chi connectivity index (χ2n) is 7.03. The highest BCUT2D eigenvalue weighted by Gasteiger charge is 2.34. The molecule has 2 aromatic carbocycles. The summed E-state index contributed by atoms with van der Waals surface area (Å²) < 4.78 is 45.0. The van der Waals surface area contributed by atoms with Crippen LogP contribution in [-0.2, 0) is 10.0 Å². The molecule has 1 atom stereocenters. The Kier molecular flexibility index (Phi) is 5.60. The molecule has 1 amide bonds. The van der Waals surface area contributed by atoms with Gasteiger partial charge < -0.3 is 4.42 Å². The third-order valence-corrected chi connectivity index (χ3v) is 6.26. The topological polar surface area (TPSA) is 92.0 Å². The highest BCUT2D eigenvalue weighted by atomic mass is 32.2. The van der Waals surface area contributed by atoms with Gasteiger partial charge in [-0.2, -0.15) is 5.10 Å². The minimum Gasteiger partial charge on any atom is -0.459 e. The molecular formula is C22H20FN3O4S. The van der Waals surface area contributed by atoms with Crippen LogP contribution in [0.3, 0.4) is 0 Å². The summed E-state index contributed by atoms with van der Waals surface area (Å²) in [6.45, 7) is 1.56. The molecule has 9 heteroatoms. The molecule has 31 heavy (non-hydrogen) atoms. The lowest BCUT2D eigenvalue weighted by Gasteiger charge is -2.21. The molecule has 0 bridgehead atoms. The van der Waals surface area contributed by atoms with Gasteiger partial charge in [-0.25, -0.2) is 17.8 Å². The van der Waals surface area contributed by atoms with Gasteiger partial charge in [-0.15, -0.1) is 0 Å². The van der Waals surface area contributed by atoms with Crippen molar-refractivity contribution in [2.75, 3.05) is 10.5 Å². The third kappa shape index (κ3) is 4.51. The Morgan fingerprint density at radius 1 is 1.19 bits per heavy atom. The van der Waals surface area contributed by atoms with Crippen LogP contribution in [-0.4, -0.2) is 30.8 Å². The van der Waals surface area contributed by atoms with Gasteiger partial charge in [0.05, 0.1) is 23.8 Å². The Morgan fingerprint density at radius 3 is 2.61 bits per heavy atom. The summed E-state index contributed by atoms with van der Waals surface area (Å²) in [5, 5.41) is 5.80. The largest absolute Gasteiger partial charge is 0.459 e. The molecule has 0 aliphatic carbocycles. The molecule has 1 aliphatic heterocycles. The number of halogens is 1. The number of nitrogens with one attached hydrogen (secondary N) is 1. The predicted molar refractivity (Wildman–Crippen MR) is 115 cm³/mol. The Labute approximate surface area is 179 Å². The van der Waals surface area contributed by atoms with Gasteiger partial charge in [0.2, 0.25) is 10.0 Å². The van der Waals surface area contributed by atoms with Crippen molar-refractivity contribution in [2.24, 2.45) is 5.10 Å². The summed E-state index contributed by atoms with van der Waals surface area (Å²) in [7, 11) is -3.38. The van der Waals surface area contributed by atoms with Crippen molar-refractivity contribution in [1.29, 1.82) is 0 Å². The van der Waals surface area contributed by atoms with Gasteiger partial charge >= 0.3 is 5.91 Å². The fourth-order valence-electron chi connectivity index (χ4n) is 3.34. The minimum absolute atomic E-state index is 0.0272. The first-order valence-electron chi connectivity index (χ1n) is 9.67. The number of carbonyl (C=O) groups excluding carboxylic acids is 1. The summed E-state index contributed by atoms with van der Waals surface area (Å²) >= 11 is 0. The molecular weight excluding hydrogens is 421 g/mol. The van der Waals surface area contributed by atoms with Gasteiger partial charge in [-0.05, 0) is 54.4 Å². The van der Waals surface area contributed by atoms with Crippen LogP contribution in [0.25, 0.3) is 0 Å². The van der Waals surface area contributed by atoms with Crippen molar-refractivity contribution >= 4 is 27.3 Å². The zero-order chi connectivity index (χ0) is 22.0. The molecule has 0 radical (unpaired) electrons. The monoisotopic (exact) mass is 441 g/mol.